The summed E-state index contributed by atoms with van der Waals surface area (Å²) in [4.78, 5) is 4.52. The number of aromatic nitrogens is 3. The van der Waals surface area contributed by atoms with E-state index in [9.17, 15) is 0 Å². The van der Waals surface area contributed by atoms with Crippen LogP contribution in [0.15, 0.2) is 73.3 Å². The molecule has 1 aromatic carbocycles. The molecule has 0 bridgehead atoms. The lowest BCUT2D eigenvalue weighted by atomic mass is 10.1. The number of hydrogen-bond acceptors (Lipinski definition) is 1. The highest BCUT2D eigenvalue weighted by molar-refractivity contribution is 5.81. The second-order valence-electron chi connectivity index (χ2n) is 4.88. The van der Waals surface area contributed by atoms with Gasteiger partial charge in [0.2, 0.25) is 0 Å². The predicted molar refractivity (Wildman–Crippen MR) is 78.4 cm³/mol. The Labute approximate surface area is 116 Å². The molecule has 3 nitrogen and oxygen atoms in total. The molecule has 0 radical (unpaired) electrons. The van der Waals surface area contributed by atoms with Crippen LogP contribution in [-0.4, -0.2) is 9.38 Å². The van der Waals surface area contributed by atoms with Gasteiger partial charge in [0.15, 0.2) is 0 Å². The molecule has 96 valence electrons. The first-order valence-corrected chi connectivity index (χ1v) is 6.69. The van der Waals surface area contributed by atoms with Crippen molar-refractivity contribution in [3.05, 3.63) is 78.9 Å². The van der Waals surface area contributed by atoms with Crippen LogP contribution in [0.25, 0.3) is 16.6 Å². The van der Waals surface area contributed by atoms with E-state index in [1.54, 1.807) is 0 Å². The zero-order chi connectivity index (χ0) is 13.4. The van der Waals surface area contributed by atoms with Gasteiger partial charge in [-0.25, -0.2) is 8.97 Å². The number of hydrogen-bond donors (Lipinski definition) is 0. The van der Waals surface area contributed by atoms with E-state index in [0.717, 1.165) is 12.1 Å². The number of rotatable bonds is 2. The Bertz CT molecular complexity index is 887. The second kappa shape index (κ2) is 4.46. The van der Waals surface area contributed by atoms with E-state index in [0.29, 0.717) is 0 Å². The summed E-state index contributed by atoms with van der Waals surface area (Å²) in [5.74, 6) is 0. The summed E-state index contributed by atoms with van der Waals surface area (Å²) in [6.45, 7) is 0.828. The minimum Gasteiger partial charge on any atom is -0.256 e. The summed E-state index contributed by atoms with van der Waals surface area (Å²) in [6, 6.07) is 16.7. The highest BCUT2D eigenvalue weighted by Gasteiger charge is 2.10. The molecular formula is C17H14N3+. The molecule has 0 saturated carbocycles. The minimum absolute atomic E-state index is 0.828. The van der Waals surface area contributed by atoms with E-state index in [1.165, 1.54) is 16.6 Å². The molecular weight excluding hydrogens is 246 g/mol. The van der Waals surface area contributed by atoms with E-state index >= 15 is 0 Å². The Morgan fingerprint density at radius 1 is 0.950 bits per heavy atom. The van der Waals surface area contributed by atoms with E-state index < -0.39 is 0 Å². The fourth-order valence-corrected chi connectivity index (χ4v) is 2.66. The monoisotopic (exact) mass is 260 g/mol. The van der Waals surface area contributed by atoms with Gasteiger partial charge >= 0.3 is 0 Å². The third-order valence-electron chi connectivity index (χ3n) is 3.63. The van der Waals surface area contributed by atoms with Crippen LogP contribution in [-0.2, 0) is 6.54 Å². The molecule has 20 heavy (non-hydrogen) atoms. The largest absolute Gasteiger partial charge is 0.286 e. The lowest BCUT2D eigenvalue weighted by molar-refractivity contribution is -0.661. The van der Waals surface area contributed by atoms with Crippen molar-refractivity contribution in [2.75, 3.05) is 0 Å². The molecule has 3 heteroatoms. The number of imidazole rings is 1. The summed E-state index contributed by atoms with van der Waals surface area (Å²) in [6.07, 6.45) is 8.10. The van der Waals surface area contributed by atoms with Gasteiger partial charge in [0.1, 0.15) is 18.9 Å². The summed E-state index contributed by atoms with van der Waals surface area (Å²) in [5.41, 5.74) is 3.50. The SMILES string of the molecule is c1cnc2c(C[n+]3ccn4ccccc43)cccc2c1. The Hall–Kier alpha value is -2.68. The van der Waals surface area contributed by atoms with Crippen molar-refractivity contribution in [3.63, 3.8) is 0 Å². The van der Waals surface area contributed by atoms with E-state index in [4.69, 9.17) is 0 Å². The van der Waals surface area contributed by atoms with Gasteiger partial charge in [-0.3, -0.25) is 4.98 Å². The molecule has 4 rings (SSSR count). The van der Waals surface area contributed by atoms with Gasteiger partial charge in [0, 0.05) is 23.2 Å². The molecule has 4 aromatic rings. The fourth-order valence-electron chi connectivity index (χ4n) is 2.66. The summed E-state index contributed by atoms with van der Waals surface area (Å²) in [7, 11) is 0. The van der Waals surface area contributed by atoms with Gasteiger partial charge in [-0.05, 0) is 12.1 Å². The van der Waals surface area contributed by atoms with Crippen LogP contribution in [0.5, 0.6) is 0 Å². The first kappa shape index (κ1) is 11.2. The maximum Gasteiger partial charge on any atom is 0.286 e. The number of benzene rings is 1. The number of nitrogens with zero attached hydrogens (tertiary/aromatic N) is 3. The van der Waals surface area contributed by atoms with Crippen molar-refractivity contribution in [1.82, 2.24) is 9.38 Å². The topological polar surface area (TPSA) is 21.2 Å². The Balaban J connectivity index is 1.85. The van der Waals surface area contributed by atoms with Crippen LogP contribution in [0.1, 0.15) is 5.56 Å². The number of fused-ring (bicyclic) bond motifs is 2. The van der Waals surface area contributed by atoms with Crippen LogP contribution in [0.3, 0.4) is 0 Å². The van der Waals surface area contributed by atoms with E-state index in [2.05, 4.69) is 68.9 Å². The molecule has 0 aliphatic carbocycles. The fraction of sp³-hybridized carbons (Fsp3) is 0.0588. The zero-order valence-electron chi connectivity index (χ0n) is 11.0. The average Bonchev–Trinajstić information content (AvgIpc) is 2.91. The van der Waals surface area contributed by atoms with Crippen molar-refractivity contribution < 1.29 is 4.57 Å². The van der Waals surface area contributed by atoms with Crippen molar-refractivity contribution in [2.24, 2.45) is 0 Å². The number of pyridine rings is 2. The lowest BCUT2D eigenvalue weighted by Crippen LogP contribution is -2.32. The Kier molecular flexibility index (Phi) is 2.49. The van der Waals surface area contributed by atoms with Crippen LogP contribution >= 0.6 is 0 Å². The molecule has 0 aliphatic heterocycles. The Morgan fingerprint density at radius 3 is 2.90 bits per heavy atom. The maximum atomic E-state index is 4.52. The van der Waals surface area contributed by atoms with E-state index in [-0.39, 0.29) is 0 Å². The highest BCUT2D eigenvalue weighted by atomic mass is 15.1. The summed E-state index contributed by atoms with van der Waals surface area (Å²) < 4.78 is 4.36. The summed E-state index contributed by atoms with van der Waals surface area (Å²) in [5, 5.41) is 1.19. The van der Waals surface area contributed by atoms with Gasteiger partial charge < -0.3 is 0 Å². The first-order valence-electron chi connectivity index (χ1n) is 6.69. The van der Waals surface area contributed by atoms with Gasteiger partial charge in [0.05, 0.1) is 11.7 Å². The van der Waals surface area contributed by atoms with Crippen molar-refractivity contribution in [1.29, 1.82) is 0 Å². The van der Waals surface area contributed by atoms with Gasteiger partial charge in [-0.15, -0.1) is 0 Å². The van der Waals surface area contributed by atoms with Gasteiger partial charge in [0.25, 0.3) is 5.65 Å². The molecule has 0 spiro atoms. The third kappa shape index (κ3) is 1.75. The molecule has 3 heterocycles. The quantitative estimate of drug-likeness (QED) is 0.508. The highest BCUT2D eigenvalue weighted by Crippen LogP contribution is 2.15. The van der Waals surface area contributed by atoms with Crippen LogP contribution in [0, 0.1) is 0 Å². The van der Waals surface area contributed by atoms with Crippen molar-refractivity contribution in [2.45, 2.75) is 6.54 Å². The third-order valence-corrected chi connectivity index (χ3v) is 3.63. The Morgan fingerprint density at radius 2 is 1.90 bits per heavy atom. The smallest absolute Gasteiger partial charge is 0.256 e. The van der Waals surface area contributed by atoms with Crippen LogP contribution in [0.4, 0.5) is 0 Å². The zero-order valence-corrected chi connectivity index (χ0v) is 11.0. The molecule has 0 amide bonds. The molecule has 0 N–H and O–H groups in total. The van der Waals surface area contributed by atoms with Gasteiger partial charge in [-0.1, -0.05) is 30.3 Å². The van der Waals surface area contributed by atoms with Crippen molar-refractivity contribution >= 4 is 16.6 Å². The van der Waals surface area contributed by atoms with E-state index in [1.807, 2.05) is 18.3 Å². The molecule has 0 fully saturated rings. The normalized spacial score (nSPS) is 11.2. The second-order valence-corrected chi connectivity index (χ2v) is 4.88. The van der Waals surface area contributed by atoms with Crippen molar-refractivity contribution in [3.8, 4) is 0 Å². The molecule has 0 atom stereocenters. The number of para-hydroxylation sites is 1. The molecule has 0 unspecified atom stereocenters. The maximum absolute atomic E-state index is 4.52. The average molecular weight is 260 g/mol. The predicted octanol–water partition coefficient (Wildman–Crippen LogP) is 2.82. The first-order chi connectivity index (χ1) is 9.92. The molecule has 0 saturated heterocycles. The standard InChI is InChI=1S/C17H14N3/c1-2-10-19-11-12-20(16(19)8-1)13-15-6-3-5-14-7-4-9-18-17(14)15/h1-12H,13H2/q+1. The molecule has 0 aliphatic rings. The molecule has 3 aromatic heterocycles. The lowest BCUT2D eigenvalue weighted by Gasteiger charge is -2.03. The summed E-state index contributed by atoms with van der Waals surface area (Å²) >= 11 is 0. The van der Waals surface area contributed by atoms with Gasteiger partial charge in [-0.2, -0.15) is 0 Å². The van der Waals surface area contributed by atoms with Crippen LogP contribution in [0.2, 0.25) is 0 Å². The van der Waals surface area contributed by atoms with Crippen LogP contribution < -0.4 is 4.57 Å². The minimum atomic E-state index is 0.828.